The third-order valence-electron chi connectivity index (χ3n) is 2.11. The van der Waals surface area contributed by atoms with E-state index in [1.54, 1.807) is 0 Å². The zero-order valence-electron chi connectivity index (χ0n) is 7.24. The largest absolute Gasteiger partial charge is 0.380 e. The van der Waals surface area contributed by atoms with E-state index in [-0.39, 0.29) is 10.7 Å². The van der Waals surface area contributed by atoms with Crippen LogP contribution in [-0.4, -0.2) is 34.4 Å². The van der Waals surface area contributed by atoms with Gasteiger partial charge in [0.25, 0.3) is 6.43 Å². The van der Waals surface area contributed by atoms with Crippen LogP contribution in [0.4, 0.5) is 8.78 Å². The molecule has 4 nitrogen and oxygen atoms in total. The number of halogens is 2. The Balaban J connectivity index is 2.25. The number of aromatic nitrogens is 3. The van der Waals surface area contributed by atoms with E-state index < -0.39 is 13.0 Å². The minimum Gasteiger partial charge on any atom is -0.380 e. The lowest BCUT2D eigenvalue weighted by molar-refractivity contribution is 0.00199. The van der Waals surface area contributed by atoms with Crippen LogP contribution in [0.1, 0.15) is 11.7 Å². The molecule has 0 bridgehead atoms. The molecule has 1 saturated heterocycles. The molecule has 7 heteroatoms. The summed E-state index contributed by atoms with van der Waals surface area (Å²) in [6.45, 7) is 0.660. The number of alkyl halides is 2. The van der Waals surface area contributed by atoms with Crippen molar-refractivity contribution in [3.8, 4) is 0 Å². The Morgan fingerprint density at radius 2 is 2.36 bits per heavy atom. The number of hydrogen-bond acceptors (Lipinski definition) is 3. The molecular weight excluding hydrogens is 212 g/mol. The minimum absolute atomic E-state index is 0.0988. The van der Waals surface area contributed by atoms with Crippen LogP contribution in [-0.2, 0) is 11.3 Å². The molecule has 2 rings (SSSR count). The normalized spacial score (nSPS) is 17.4. The number of rotatable bonds is 3. The molecule has 0 unspecified atom stereocenters. The van der Waals surface area contributed by atoms with Crippen molar-refractivity contribution in [1.29, 1.82) is 0 Å². The SMILES string of the molecule is FC(F)Cn1c(C2COC2)n[nH]c1=S. The number of nitrogens with one attached hydrogen (secondary N) is 1. The molecule has 0 saturated carbocycles. The predicted octanol–water partition coefficient (Wildman–Crippen LogP) is 1.32. The van der Waals surface area contributed by atoms with Gasteiger partial charge >= 0.3 is 0 Å². The summed E-state index contributed by atoms with van der Waals surface area (Å²) in [5.74, 6) is 0.670. The maximum Gasteiger partial charge on any atom is 0.256 e. The average Bonchev–Trinajstić information content (AvgIpc) is 2.32. The van der Waals surface area contributed by atoms with Gasteiger partial charge in [0, 0.05) is 0 Å². The van der Waals surface area contributed by atoms with Crippen LogP contribution in [0.25, 0.3) is 0 Å². The minimum atomic E-state index is -2.42. The number of ether oxygens (including phenoxy) is 1. The van der Waals surface area contributed by atoms with Gasteiger partial charge < -0.3 is 4.74 Å². The maximum absolute atomic E-state index is 12.2. The van der Waals surface area contributed by atoms with Gasteiger partial charge in [0.15, 0.2) is 4.77 Å². The Hall–Kier alpha value is -0.820. The number of aromatic amines is 1. The summed E-state index contributed by atoms with van der Waals surface area (Å²) in [5, 5.41) is 6.44. The van der Waals surface area contributed by atoms with Crippen LogP contribution < -0.4 is 0 Å². The number of H-pyrrole nitrogens is 1. The first kappa shape index (κ1) is 9.72. The molecule has 0 radical (unpaired) electrons. The number of nitrogens with zero attached hydrogens (tertiary/aromatic N) is 2. The third-order valence-corrected chi connectivity index (χ3v) is 2.42. The molecule has 0 aliphatic carbocycles. The number of hydrogen-bond donors (Lipinski definition) is 1. The first-order valence-corrected chi connectivity index (χ1v) is 4.60. The monoisotopic (exact) mass is 221 g/mol. The second-order valence-corrected chi connectivity index (χ2v) is 3.51. The van der Waals surface area contributed by atoms with Crippen LogP contribution in [0.3, 0.4) is 0 Å². The van der Waals surface area contributed by atoms with Gasteiger partial charge in [-0.2, -0.15) is 5.10 Å². The van der Waals surface area contributed by atoms with Crippen molar-refractivity contribution in [3.05, 3.63) is 10.6 Å². The van der Waals surface area contributed by atoms with Crippen LogP contribution in [0.5, 0.6) is 0 Å². The van der Waals surface area contributed by atoms with E-state index >= 15 is 0 Å². The Bertz CT molecular complexity index is 371. The lowest BCUT2D eigenvalue weighted by Crippen LogP contribution is -2.29. The van der Waals surface area contributed by atoms with E-state index in [2.05, 4.69) is 10.2 Å². The van der Waals surface area contributed by atoms with E-state index in [4.69, 9.17) is 17.0 Å². The fourth-order valence-corrected chi connectivity index (χ4v) is 1.55. The Morgan fingerprint density at radius 3 is 2.86 bits per heavy atom. The molecule has 1 aliphatic heterocycles. The molecule has 1 fully saturated rings. The molecule has 1 aromatic heterocycles. The van der Waals surface area contributed by atoms with Crippen molar-refractivity contribution >= 4 is 12.2 Å². The molecule has 78 valence electrons. The zero-order chi connectivity index (χ0) is 10.1. The average molecular weight is 221 g/mol. The van der Waals surface area contributed by atoms with E-state index in [9.17, 15) is 8.78 Å². The van der Waals surface area contributed by atoms with Crippen molar-refractivity contribution < 1.29 is 13.5 Å². The van der Waals surface area contributed by atoms with Crippen molar-refractivity contribution in [2.75, 3.05) is 13.2 Å². The lowest BCUT2D eigenvalue weighted by Gasteiger charge is -2.25. The smallest absolute Gasteiger partial charge is 0.256 e. The predicted molar refractivity (Wildman–Crippen MR) is 47.0 cm³/mol. The zero-order valence-corrected chi connectivity index (χ0v) is 8.06. The first-order chi connectivity index (χ1) is 6.68. The highest BCUT2D eigenvalue weighted by atomic mass is 32.1. The maximum atomic E-state index is 12.2. The molecule has 0 aromatic carbocycles. The highest BCUT2D eigenvalue weighted by Gasteiger charge is 2.26. The quantitative estimate of drug-likeness (QED) is 0.783. The Labute approximate surface area is 83.9 Å². The highest BCUT2D eigenvalue weighted by Crippen LogP contribution is 2.22. The van der Waals surface area contributed by atoms with Crippen LogP contribution in [0.15, 0.2) is 0 Å². The first-order valence-electron chi connectivity index (χ1n) is 4.19. The Kier molecular flexibility index (Phi) is 2.60. The van der Waals surface area contributed by atoms with Gasteiger partial charge in [-0.1, -0.05) is 0 Å². The summed E-state index contributed by atoms with van der Waals surface area (Å²) in [5.41, 5.74) is 0. The summed E-state index contributed by atoms with van der Waals surface area (Å²) < 4.78 is 31.0. The molecule has 0 spiro atoms. The van der Waals surface area contributed by atoms with E-state index in [1.807, 2.05) is 0 Å². The van der Waals surface area contributed by atoms with Gasteiger partial charge in [-0.15, -0.1) is 0 Å². The standard InChI is InChI=1S/C7H9F2N3OS/c8-5(9)1-12-6(4-2-13-3-4)10-11-7(12)14/h4-5H,1-3H2,(H,11,14). The summed E-state index contributed by atoms with van der Waals surface area (Å²) in [6, 6.07) is 0. The van der Waals surface area contributed by atoms with Crippen molar-refractivity contribution in [2.45, 2.75) is 18.9 Å². The van der Waals surface area contributed by atoms with Gasteiger partial charge in [0.1, 0.15) is 5.82 Å². The van der Waals surface area contributed by atoms with Crippen LogP contribution in [0, 0.1) is 4.77 Å². The summed E-state index contributed by atoms with van der Waals surface area (Å²) >= 11 is 4.85. The summed E-state index contributed by atoms with van der Waals surface area (Å²) in [7, 11) is 0. The molecular formula is C7H9F2N3OS. The van der Waals surface area contributed by atoms with Gasteiger partial charge in [-0.25, -0.2) is 8.78 Å². The molecule has 0 amide bonds. The second kappa shape index (κ2) is 3.74. The third kappa shape index (κ3) is 1.69. The molecule has 2 heterocycles. The van der Waals surface area contributed by atoms with Crippen molar-refractivity contribution in [1.82, 2.24) is 14.8 Å². The second-order valence-electron chi connectivity index (χ2n) is 3.12. The summed E-state index contributed by atoms with van der Waals surface area (Å²) in [4.78, 5) is 0. The molecule has 1 N–H and O–H groups in total. The van der Waals surface area contributed by atoms with E-state index in [1.165, 1.54) is 4.57 Å². The van der Waals surface area contributed by atoms with E-state index in [0.29, 0.717) is 19.0 Å². The fourth-order valence-electron chi connectivity index (χ4n) is 1.34. The van der Waals surface area contributed by atoms with Crippen molar-refractivity contribution in [2.24, 2.45) is 0 Å². The lowest BCUT2D eigenvalue weighted by atomic mass is 10.1. The van der Waals surface area contributed by atoms with Gasteiger partial charge in [-0.3, -0.25) is 9.67 Å². The highest BCUT2D eigenvalue weighted by molar-refractivity contribution is 7.71. The van der Waals surface area contributed by atoms with Gasteiger partial charge in [-0.05, 0) is 12.2 Å². The molecule has 0 atom stereocenters. The topological polar surface area (TPSA) is 42.8 Å². The molecule has 14 heavy (non-hydrogen) atoms. The molecule has 1 aliphatic rings. The fraction of sp³-hybridized carbons (Fsp3) is 0.714. The van der Waals surface area contributed by atoms with Gasteiger partial charge in [0.2, 0.25) is 0 Å². The summed E-state index contributed by atoms with van der Waals surface area (Å²) in [6.07, 6.45) is -2.42. The van der Waals surface area contributed by atoms with Crippen molar-refractivity contribution in [3.63, 3.8) is 0 Å². The molecule has 1 aromatic rings. The van der Waals surface area contributed by atoms with Crippen LogP contribution >= 0.6 is 12.2 Å². The van der Waals surface area contributed by atoms with Gasteiger partial charge in [0.05, 0.1) is 25.7 Å². The van der Waals surface area contributed by atoms with E-state index in [0.717, 1.165) is 0 Å². The Morgan fingerprint density at radius 1 is 1.64 bits per heavy atom. The van der Waals surface area contributed by atoms with Crippen LogP contribution in [0.2, 0.25) is 0 Å².